The number of hydrogen-bond acceptors (Lipinski definition) is 4. The standard InChI is InChI=1S/C10H13NO4S/c1-8-4-6-10(7-5-8)16(13,14)15-11(3)9(2)12/h4-7H,1-3H3. The summed E-state index contributed by atoms with van der Waals surface area (Å²) in [5, 5.41) is 0.676. The van der Waals surface area contributed by atoms with Crippen LogP contribution in [0.3, 0.4) is 0 Å². The number of hydroxylamine groups is 2. The molecule has 1 amide bonds. The van der Waals surface area contributed by atoms with Crippen LogP contribution in [0, 0.1) is 6.92 Å². The van der Waals surface area contributed by atoms with E-state index in [1.165, 1.54) is 26.1 Å². The SMILES string of the molecule is CC(=O)N(C)OS(=O)(=O)c1ccc(C)cc1. The lowest BCUT2D eigenvalue weighted by Crippen LogP contribution is -2.27. The van der Waals surface area contributed by atoms with Gasteiger partial charge in [0, 0.05) is 14.0 Å². The second kappa shape index (κ2) is 4.63. The number of carbonyl (C=O) groups is 1. The maximum absolute atomic E-state index is 11.6. The molecule has 1 rings (SSSR count). The molecule has 0 aromatic heterocycles. The Morgan fingerprint density at radius 3 is 2.19 bits per heavy atom. The van der Waals surface area contributed by atoms with Crippen LogP contribution in [0.4, 0.5) is 0 Å². The molecular weight excluding hydrogens is 230 g/mol. The molecule has 0 aliphatic rings. The zero-order chi connectivity index (χ0) is 12.3. The van der Waals surface area contributed by atoms with Crippen molar-refractivity contribution < 1.29 is 17.5 Å². The second-order valence-electron chi connectivity index (χ2n) is 3.36. The predicted molar refractivity (Wildman–Crippen MR) is 57.9 cm³/mol. The van der Waals surface area contributed by atoms with Gasteiger partial charge in [-0.25, -0.2) is 5.06 Å². The molecule has 0 heterocycles. The maximum atomic E-state index is 11.6. The molecule has 88 valence electrons. The molecule has 1 aromatic carbocycles. The molecule has 0 bridgehead atoms. The van der Waals surface area contributed by atoms with E-state index in [2.05, 4.69) is 4.28 Å². The summed E-state index contributed by atoms with van der Waals surface area (Å²) in [6.45, 7) is 3.06. The Balaban J connectivity index is 2.94. The number of aryl methyl sites for hydroxylation is 1. The van der Waals surface area contributed by atoms with Gasteiger partial charge in [-0.05, 0) is 19.1 Å². The van der Waals surface area contributed by atoms with Gasteiger partial charge in [0.1, 0.15) is 0 Å². The predicted octanol–water partition coefficient (Wildman–Crippen LogP) is 1.09. The minimum atomic E-state index is -3.92. The fourth-order valence-electron chi connectivity index (χ4n) is 0.948. The summed E-state index contributed by atoms with van der Waals surface area (Å²) < 4.78 is 27.9. The summed E-state index contributed by atoms with van der Waals surface area (Å²) in [5.41, 5.74) is 0.943. The molecule has 0 aliphatic heterocycles. The van der Waals surface area contributed by atoms with Crippen molar-refractivity contribution in [1.82, 2.24) is 5.06 Å². The minimum Gasteiger partial charge on any atom is -0.273 e. The topological polar surface area (TPSA) is 63.7 Å². The number of benzene rings is 1. The number of nitrogens with zero attached hydrogens (tertiary/aromatic N) is 1. The van der Waals surface area contributed by atoms with Crippen LogP contribution in [-0.4, -0.2) is 26.4 Å². The van der Waals surface area contributed by atoms with Gasteiger partial charge < -0.3 is 0 Å². The largest absolute Gasteiger partial charge is 0.317 e. The highest BCUT2D eigenvalue weighted by Crippen LogP contribution is 2.14. The van der Waals surface area contributed by atoms with Crippen LogP contribution < -0.4 is 0 Å². The van der Waals surface area contributed by atoms with Gasteiger partial charge in [-0.3, -0.25) is 4.79 Å². The lowest BCUT2D eigenvalue weighted by Gasteiger charge is -2.13. The summed E-state index contributed by atoms with van der Waals surface area (Å²) in [5.74, 6) is -0.490. The van der Waals surface area contributed by atoms with Crippen molar-refractivity contribution in [3.8, 4) is 0 Å². The molecule has 16 heavy (non-hydrogen) atoms. The highest BCUT2D eigenvalue weighted by molar-refractivity contribution is 7.86. The average molecular weight is 243 g/mol. The van der Waals surface area contributed by atoms with Gasteiger partial charge in [-0.2, -0.15) is 8.42 Å². The molecule has 0 atom stereocenters. The number of rotatable bonds is 3. The molecule has 0 unspecified atom stereocenters. The van der Waals surface area contributed by atoms with Gasteiger partial charge >= 0.3 is 10.1 Å². The van der Waals surface area contributed by atoms with Crippen molar-refractivity contribution in [3.63, 3.8) is 0 Å². The molecule has 0 radical (unpaired) electrons. The number of amides is 1. The van der Waals surface area contributed by atoms with Crippen molar-refractivity contribution >= 4 is 16.0 Å². The van der Waals surface area contributed by atoms with Gasteiger partial charge in [0.2, 0.25) is 5.91 Å². The van der Waals surface area contributed by atoms with E-state index in [0.717, 1.165) is 5.56 Å². The summed E-state index contributed by atoms with van der Waals surface area (Å²) >= 11 is 0. The second-order valence-corrected chi connectivity index (χ2v) is 4.89. The van der Waals surface area contributed by atoms with Crippen LogP contribution in [0.2, 0.25) is 0 Å². The molecule has 0 N–H and O–H groups in total. The summed E-state index contributed by atoms with van der Waals surface area (Å²) in [6.07, 6.45) is 0. The van der Waals surface area contributed by atoms with E-state index in [-0.39, 0.29) is 4.90 Å². The Kier molecular flexibility index (Phi) is 3.66. The fraction of sp³-hybridized carbons (Fsp3) is 0.300. The van der Waals surface area contributed by atoms with Gasteiger partial charge in [-0.1, -0.05) is 17.7 Å². The van der Waals surface area contributed by atoms with Crippen LogP contribution in [0.25, 0.3) is 0 Å². The first-order valence-electron chi connectivity index (χ1n) is 4.58. The van der Waals surface area contributed by atoms with E-state index in [1.807, 2.05) is 6.92 Å². The Morgan fingerprint density at radius 2 is 1.75 bits per heavy atom. The first-order valence-corrected chi connectivity index (χ1v) is 5.99. The van der Waals surface area contributed by atoms with Crippen molar-refractivity contribution in [2.45, 2.75) is 18.7 Å². The smallest absolute Gasteiger partial charge is 0.273 e. The minimum absolute atomic E-state index is 0.0196. The van der Waals surface area contributed by atoms with Crippen molar-refractivity contribution in [2.24, 2.45) is 0 Å². The highest BCUT2D eigenvalue weighted by Gasteiger charge is 2.19. The number of carbonyl (C=O) groups excluding carboxylic acids is 1. The van der Waals surface area contributed by atoms with Crippen LogP contribution in [0.5, 0.6) is 0 Å². The summed E-state index contributed by atoms with van der Waals surface area (Å²) in [6, 6.07) is 6.17. The van der Waals surface area contributed by atoms with E-state index >= 15 is 0 Å². The third-order valence-corrected chi connectivity index (χ3v) is 3.23. The lowest BCUT2D eigenvalue weighted by atomic mass is 10.2. The zero-order valence-corrected chi connectivity index (χ0v) is 10.1. The van der Waals surface area contributed by atoms with Crippen molar-refractivity contribution in [3.05, 3.63) is 29.8 Å². The normalized spacial score (nSPS) is 11.2. The molecule has 0 fully saturated rings. The molecule has 5 nitrogen and oxygen atoms in total. The number of hydrogen-bond donors (Lipinski definition) is 0. The Bertz CT molecular complexity index is 478. The zero-order valence-electron chi connectivity index (χ0n) is 9.30. The molecule has 0 saturated carbocycles. The van der Waals surface area contributed by atoms with Crippen LogP contribution >= 0.6 is 0 Å². The maximum Gasteiger partial charge on any atom is 0.317 e. The van der Waals surface area contributed by atoms with Gasteiger partial charge in [0.25, 0.3) is 0 Å². The average Bonchev–Trinajstić information content (AvgIpc) is 2.17. The third kappa shape index (κ3) is 3.04. The van der Waals surface area contributed by atoms with Crippen molar-refractivity contribution in [2.75, 3.05) is 7.05 Å². The van der Waals surface area contributed by atoms with Crippen LogP contribution in [-0.2, 0) is 19.2 Å². The molecule has 6 heteroatoms. The summed E-state index contributed by atoms with van der Waals surface area (Å²) in [4.78, 5) is 10.9. The Hall–Kier alpha value is -1.40. The molecule has 0 spiro atoms. The van der Waals surface area contributed by atoms with Gasteiger partial charge in [0.15, 0.2) is 0 Å². The molecular formula is C10H13NO4S. The van der Waals surface area contributed by atoms with Crippen LogP contribution in [0.15, 0.2) is 29.2 Å². The monoisotopic (exact) mass is 243 g/mol. The molecule has 0 aliphatic carbocycles. The summed E-state index contributed by atoms with van der Waals surface area (Å²) in [7, 11) is -2.67. The Labute approximate surface area is 94.7 Å². The van der Waals surface area contributed by atoms with Gasteiger partial charge in [0.05, 0.1) is 4.90 Å². The first kappa shape index (κ1) is 12.7. The van der Waals surface area contributed by atoms with Crippen molar-refractivity contribution in [1.29, 1.82) is 0 Å². The van der Waals surface area contributed by atoms with E-state index in [4.69, 9.17) is 0 Å². The Morgan fingerprint density at radius 1 is 1.25 bits per heavy atom. The first-order chi connectivity index (χ1) is 7.33. The highest BCUT2D eigenvalue weighted by atomic mass is 32.2. The van der Waals surface area contributed by atoms with E-state index < -0.39 is 16.0 Å². The van der Waals surface area contributed by atoms with Crippen LogP contribution in [0.1, 0.15) is 12.5 Å². The fourth-order valence-corrected chi connectivity index (χ4v) is 1.90. The lowest BCUT2D eigenvalue weighted by molar-refractivity contribution is -0.149. The third-order valence-electron chi connectivity index (χ3n) is 1.96. The van der Waals surface area contributed by atoms with Gasteiger partial charge in [-0.15, -0.1) is 4.28 Å². The quantitative estimate of drug-likeness (QED) is 0.745. The van der Waals surface area contributed by atoms with E-state index in [1.54, 1.807) is 12.1 Å². The molecule has 1 aromatic rings. The van der Waals surface area contributed by atoms with E-state index in [0.29, 0.717) is 5.06 Å². The van der Waals surface area contributed by atoms with E-state index in [9.17, 15) is 13.2 Å². The molecule has 0 saturated heterocycles.